The van der Waals surface area contributed by atoms with Crippen molar-refractivity contribution in [3.63, 3.8) is 0 Å². The second-order valence-electron chi connectivity index (χ2n) is 17.7. The van der Waals surface area contributed by atoms with Gasteiger partial charge in [0.2, 0.25) is 0 Å². The fourth-order valence-electron chi connectivity index (χ4n) is 12.3. The van der Waals surface area contributed by atoms with E-state index >= 15 is 0 Å². The maximum Gasteiger partial charge on any atom is 0.0731 e. The third kappa shape index (κ3) is 4.65. The summed E-state index contributed by atoms with van der Waals surface area (Å²) in [7, 11) is 0. The second kappa shape index (κ2) is 13.2. The molecule has 11 aromatic carbocycles. The predicted octanol–water partition coefficient (Wildman–Crippen LogP) is 18.1. The largest absolute Gasteiger partial charge is 0.135 e. The average Bonchev–Trinajstić information content (AvgIpc) is 4.11. The van der Waals surface area contributed by atoms with Crippen molar-refractivity contribution in [1.82, 2.24) is 0 Å². The van der Waals surface area contributed by atoms with E-state index in [1.165, 1.54) is 140 Å². The highest BCUT2D eigenvalue weighted by Crippen LogP contribution is 2.65. The Morgan fingerprint density at radius 3 is 1.14 bits per heavy atom. The van der Waals surface area contributed by atoms with Crippen LogP contribution in [0.1, 0.15) is 22.3 Å². The zero-order valence-electron chi connectivity index (χ0n) is 35.1. The van der Waals surface area contributed by atoms with Gasteiger partial charge < -0.3 is 0 Å². The molecule has 1 spiro atoms. The van der Waals surface area contributed by atoms with Crippen molar-refractivity contribution in [2.24, 2.45) is 0 Å². The van der Waals surface area contributed by atoms with Gasteiger partial charge in [-0.2, -0.15) is 0 Å². The molecule has 15 rings (SSSR count). The highest BCUT2D eigenvalue weighted by Gasteiger charge is 2.52. The summed E-state index contributed by atoms with van der Waals surface area (Å²) in [6, 6.07) is 83.0. The van der Waals surface area contributed by atoms with Crippen LogP contribution >= 0.6 is 22.7 Å². The van der Waals surface area contributed by atoms with Gasteiger partial charge in [0.1, 0.15) is 0 Å². The fourth-order valence-corrected chi connectivity index (χ4v) is 14.6. The number of rotatable bonds is 3. The van der Waals surface area contributed by atoms with E-state index in [1.54, 1.807) is 0 Å². The van der Waals surface area contributed by atoms with Crippen molar-refractivity contribution >= 4 is 84.6 Å². The van der Waals surface area contributed by atoms with Gasteiger partial charge in [0.05, 0.1) is 5.41 Å². The Morgan fingerprint density at radius 2 is 0.600 bits per heavy atom. The number of hydrogen-bond donors (Lipinski definition) is 0. The van der Waals surface area contributed by atoms with Gasteiger partial charge in [0.15, 0.2) is 0 Å². The minimum Gasteiger partial charge on any atom is -0.135 e. The Morgan fingerprint density at radius 1 is 0.246 bits per heavy atom. The molecule has 13 aromatic rings. The molecule has 0 fully saturated rings. The maximum atomic E-state index is 2.54. The first-order chi connectivity index (χ1) is 32.3. The maximum absolute atomic E-state index is 2.54. The lowest BCUT2D eigenvalue weighted by atomic mass is 9.68. The standard InChI is InChI=1S/C63H36S2/c1-6-29-52-39(16-1)40-17-2-7-30-53(40)63(52)54-31-8-3-18-41(54)46-27-13-28-49(62(46)63)59-44-23-11-21-37(42-25-14-34-57-60(42)47-19-4-9-32-55(47)64-57)50(44)36-51-38(22-12-24-45(51)59)43-26-15-35-58-61(43)48-20-5-10-33-56(48)65-58/h1-36H. The summed E-state index contributed by atoms with van der Waals surface area (Å²) in [5, 5.41) is 10.4. The average molecular weight is 857 g/mol. The predicted molar refractivity (Wildman–Crippen MR) is 280 cm³/mol. The zero-order valence-corrected chi connectivity index (χ0v) is 36.7. The first-order valence-electron chi connectivity index (χ1n) is 22.5. The molecule has 0 radical (unpaired) electrons. The molecule has 0 N–H and O–H groups in total. The van der Waals surface area contributed by atoms with E-state index in [0.29, 0.717) is 0 Å². The van der Waals surface area contributed by atoms with Gasteiger partial charge >= 0.3 is 0 Å². The summed E-state index contributed by atoms with van der Waals surface area (Å²) in [4.78, 5) is 0. The minimum atomic E-state index is -0.498. The van der Waals surface area contributed by atoms with E-state index in [4.69, 9.17) is 0 Å². The molecular weight excluding hydrogens is 821 g/mol. The van der Waals surface area contributed by atoms with Crippen LogP contribution in [0.3, 0.4) is 0 Å². The van der Waals surface area contributed by atoms with E-state index in [2.05, 4.69) is 218 Å². The van der Waals surface area contributed by atoms with Gasteiger partial charge in [-0.3, -0.25) is 0 Å². The summed E-state index contributed by atoms with van der Waals surface area (Å²) >= 11 is 3.78. The molecule has 300 valence electrons. The number of benzene rings is 11. The lowest BCUT2D eigenvalue weighted by Crippen LogP contribution is -2.26. The molecule has 0 saturated carbocycles. The van der Waals surface area contributed by atoms with Crippen LogP contribution in [0.25, 0.3) is 118 Å². The van der Waals surface area contributed by atoms with Crippen molar-refractivity contribution in [3.05, 3.63) is 241 Å². The van der Waals surface area contributed by atoms with Crippen molar-refractivity contribution in [1.29, 1.82) is 0 Å². The summed E-state index contributed by atoms with van der Waals surface area (Å²) < 4.78 is 5.28. The minimum absolute atomic E-state index is 0.498. The summed E-state index contributed by atoms with van der Waals surface area (Å²) in [6.45, 7) is 0. The van der Waals surface area contributed by atoms with Crippen LogP contribution in [0.15, 0.2) is 218 Å². The molecule has 2 aromatic heterocycles. The van der Waals surface area contributed by atoms with Crippen LogP contribution in [0.5, 0.6) is 0 Å². The molecule has 0 aliphatic heterocycles. The van der Waals surface area contributed by atoms with E-state index in [9.17, 15) is 0 Å². The van der Waals surface area contributed by atoms with Crippen molar-refractivity contribution in [2.45, 2.75) is 5.41 Å². The first kappa shape index (κ1) is 35.8. The Bertz CT molecular complexity index is 3960. The monoisotopic (exact) mass is 856 g/mol. The van der Waals surface area contributed by atoms with Gasteiger partial charge in [-0.05, 0) is 130 Å². The third-order valence-corrected chi connectivity index (χ3v) is 17.0. The smallest absolute Gasteiger partial charge is 0.0731 e. The van der Waals surface area contributed by atoms with Gasteiger partial charge in [-0.1, -0.05) is 188 Å². The van der Waals surface area contributed by atoms with Gasteiger partial charge in [-0.25, -0.2) is 0 Å². The Hall–Kier alpha value is -7.62. The molecule has 0 saturated heterocycles. The molecular formula is C63H36S2. The molecule has 0 bridgehead atoms. The SMILES string of the molecule is c1ccc2c(c1)-c1ccccc1C21c2ccccc2-c2cccc(-c3c4cccc(-c5cccc6sc7ccccc7c56)c4cc4c(-c5cccc6sc7ccccc7c56)cccc34)c21. The second-order valence-corrected chi connectivity index (χ2v) is 19.9. The molecule has 2 aliphatic carbocycles. The van der Waals surface area contributed by atoms with Crippen LogP contribution in [-0.4, -0.2) is 0 Å². The van der Waals surface area contributed by atoms with Gasteiger partial charge in [0.25, 0.3) is 0 Å². The van der Waals surface area contributed by atoms with Crippen molar-refractivity contribution in [3.8, 4) is 55.6 Å². The molecule has 0 atom stereocenters. The van der Waals surface area contributed by atoms with Crippen molar-refractivity contribution in [2.75, 3.05) is 0 Å². The van der Waals surface area contributed by atoms with Crippen LogP contribution < -0.4 is 0 Å². The van der Waals surface area contributed by atoms with Gasteiger partial charge in [-0.15, -0.1) is 22.7 Å². The lowest BCUT2D eigenvalue weighted by Gasteiger charge is -2.32. The van der Waals surface area contributed by atoms with E-state index in [-0.39, 0.29) is 0 Å². The fraction of sp³-hybridized carbons (Fsp3) is 0.0159. The molecule has 2 heterocycles. The van der Waals surface area contributed by atoms with Crippen LogP contribution in [0.2, 0.25) is 0 Å². The third-order valence-electron chi connectivity index (χ3n) is 14.7. The lowest BCUT2D eigenvalue weighted by molar-refractivity contribution is 0.796. The van der Waals surface area contributed by atoms with Crippen LogP contribution in [-0.2, 0) is 5.41 Å². The highest BCUT2D eigenvalue weighted by atomic mass is 32.1. The highest BCUT2D eigenvalue weighted by molar-refractivity contribution is 7.26. The number of fused-ring (bicyclic) bond motifs is 18. The number of thiophene rings is 2. The normalized spacial score (nSPS) is 13.4. The Labute approximate surface area is 383 Å². The topological polar surface area (TPSA) is 0 Å². The zero-order chi connectivity index (χ0) is 42.4. The summed E-state index contributed by atoms with van der Waals surface area (Å²) in [6.07, 6.45) is 0. The van der Waals surface area contributed by atoms with E-state index in [1.807, 2.05) is 22.7 Å². The molecule has 0 amide bonds. The Balaban J connectivity index is 1.13. The van der Waals surface area contributed by atoms with Crippen molar-refractivity contribution < 1.29 is 0 Å². The van der Waals surface area contributed by atoms with Gasteiger partial charge in [0, 0.05) is 40.3 Å². The summed E-state index contributed by atoms with van der Waals surface area (Å²) in [5.74, 6) is 0. The molecule has 2 heteroatoms. The Kier molecular flexibility index (Phi) is 7.28. The molecule has 65 heavy (non-hydrogen) atoms. The van der Waals surface area contributed by atoms with E-state index in [0.717, 1.165) is 0 Å². The molecule has 0 unspecified atom stereocenters. The van der Waals surface area contributed by atoms with E-state index < -0.39 is 5.41 Å². The summed E-state index contributed by atoms with van der Waals surface area (Å²) in [5.41, 5.74) is 17.9. The molecule has 2 aliphatic rings. The van der Waals surface area contributed by atoms with Crippen LogP contribution in [0.4, 0.5) is 0 Å². The molecule has 0 nitrogen and oxygen atoms in total. The quantitative estimate of drug-likeness (QED) is 0.155. The first-order valence-corrected chi connectivity index (χ1v) is 24.1. The van der Waals surface area contributed by atoms with Crippen LogP contribution in [0, 0.1) is 0 Å². The number of hydrogen-bond acceptors (Lipinski definition) is 2.